The maximum atomic E-state index is 13.8. The molecule has 0 N–H and O–H groups in total. The van der Waals surface area contributed by atoms with Gasteiger partial charge in [0.1, 0.15) is 6.04 Å². The van der Waals surface area contributed by atoms with Crippen LogP contribution >= 0.6 is 0 Å². The third-order valence-corrected chi connectivity index (χ3v) is 9.65. The van der Waals surface area contributed by atoms with E-state index >= 15 is 0 Å². The molecule has 3 fully saturated rings. The smallest absolute Gasteiger partial charge is 0.293 e. The Labute approximate surface area is 241 Å². The quantitative estimate of drug-likeness (QED) is 0.480. The summed E-state index contributed by atoms with van der Waals surface area (Å²) in [7, 11) is 1.86. The molecule has 2 atom stereocenters. The average Bonchev–Trinajstić information content (AvgIpc) is 3.77. The first-order valence-electron chi connectivity index (χ1n) is 15.2. The van der Waals surface area contributed by atoms with Crippen molar-refractivity contribution in [1.29, 1.82) is 0 Å². The van der Waals surface area contributed by atoms with E-state index in [9.17, 15) is 9.59 Å². The Kier molecular flexibility index (Phi) is 6.57. The van der Waals surface area contributed by atoms with Gasteiger partial charge in [0, 0.05) is 44.3 Å². The van der Waals surface area contributed by atoms with Crippen molar-refractivity contribution in [3.8, 4) is 17.1 Å². The summed E-state index contributed by atoms with van der Waals surface area (Å²) in [6, 6.07) is 14.9. The molecule has 0 bridgehead atoms. The zero-order chi connectivity index (χ0) is 28.2. The van der Waals surface area contributed by atoms with Crippen LogP contribution in [0.3, 0.4) is 0 Å². The van der Waals surface area contributed by atoms with E-state index in [-0.39, 0.29) is 23.7 Å². The van der Waals surface area contributed by atoms with Gasteiger partial charge in [0.2, 0.25) is 11.7 Å². The summed E-state index contributed by atoms with van der Waals surface area (Å²) in [4.78, 5) is 40.4. The van der Waals surface area contributed by atoms with Crippen LogP contribution in [0.15, 0.2) is 42.5 Å². The first-order valence-corrected chi connectivity index (χ1v) is 15.2. The fraction of sp³-hybridized carbons (Fsp3) is 0.500. The molecular weight excluding hydrogens is 514 g/mol. The SMILES string of the molecule is Cc1ccc(-n2nc(C(=O)N3CCN4CCCC4C3)nc2-c2ccc3c(c2)N(C2CCCC2)[C@H](C)C(=O)N3C)cc1. The van der Waals surface area contributed by atoms with Gasteiger partial charge < -0.3 is 14.7 Å². The second-order valence-corrected chi connectivity index (χ2v) is 12.2. The van der Waals surface area contributed by atoms with E-state index in [1.54, 1.807) is 9.58 Å². The lowest BCUT2D eigenvalue weighted by Crippen LogP contribution is -2.54. The van der Waals surface area contributed by atoms with E-state index in [4.69, 9.17) is 10.1 Å². The summed E-state index contributed by atoms with van der Waals surface area (Å²) in [6.07, 6.45) is 6.91. The molecule has 2 amide bonds. The van der Waals surface area contributed by atoms with E-state index < -0.39 is 0 Å². The number of amides is 2. The molecule has 1 aliphatic carbocycles. The van der Waals surface area contributed by atoms with Crippen LogP contribution in [0.5, 0.6) is 0 Å². The summed E-state index contributed by atoms with van der Waals surface area (Å²) in [5.41, 5.74) is 4.87. The number of aromatic nitrogens is 3. The molecule has 2 saturated heterocycles. The van der Waals surface area contributed by atoms with Gasteiger partial charge in [0.15, 0.2) is 5.82 Å². The molecule has 7 rings (SSSR count). The second-order valence-electron chi connectivity index (χ2n) is 12.2. The number of carbonyl (C=O) groups excluding carboxylic acids is 2. The molecule has 3 aliphatic heterocycles. The number of rotatable bonds is 4. The fourth-order valence-corrected chi connectivity index (χ4v) is 7.35. The number of nitrogens with zero attached hydrogens (tertiary/aromatic N) is 7. The molecule has 41 heavy (non-hydrogen) atoms. The number of anilines is 2. The third kappa shape index (κ3) is 4.51. The van der Waals surface area contributed by atoms with Crippen molar-refractivity contribution >= 4 is 23.2 Å². The highest BCUT2D eigenvalue weighted by molar-refractivity contribution is 6.05. The number of carbonyl (C=O) groups is 2. The van der Waals surface area contributed by atoms with Crippen molar-refractivity contribution in [1.82, 2.24) is 24.6 Å². The van der Waals surface area contributed by atoms with Gasteiger partial charge in [-0.2, -0.15) is 0 Å². The maximum absolute atomic E-state index is 13.8. The number of aryl methyl sites for hydroxylation is 1. The van der Waals surface area contributed by atoms with Crippen LogP contribution in [0.2, 0.25) is 0 Å². The molecular formula is C32H39N7O2. The van der Waals surface area contributed by atoms with Crippen LogP contribution in [0.4, 0.5) is 11.4 Å². The highest BCUT2D eigenvalue weighted by Gasteiger charge is 2.39. The molecule has 4 aliphatic rings. The molecule has 1 saturated carbocycles. The topological polar surface area (TPSA) is 77.8 Å². The molecule has 0 spiro atoms. The number of hydrogen-bond donors (Lipinski definition) is 0. The van der Waals surface area contributed by atoms with Gasteiger partial charge >= 0.3 is 0 Å². The minimum absolute atomic E-state index is 0.104. The van der Waals surface area contributed by atoms with E-state index in [0.29, 0.717) is 24.5 Å². The van der Waals surface area contributed by atoms with E-state index in [1.165, 1.54) is 19.3 Å². The van der Waals surface area contributed by atoms with Crippen molar-refractivity contribution < 1.29 is 9.59 Å². The second kappa shape index (κ2) is 10.3. The van der Waals surface area contributed by atoms with Crippen molar-refractivity contribution in [2.75, 3.05) is 43.0 Å². The van der Waals surface area contributed by atoms with Crippen LogP contribution in [0.1, 0.15) is 61.6 Å². The van der Waals surface area contributed by atoms with Gasteiger partial charge in [0.05, 0.1) is 17.1 Å². The van der Waals surface area contributed by atoms with Crippen LogP contribution < -0.4 is 9.80 Å². The highest BCUT2D eigenvalue weighted by Crippen LogP contribution is 2.42. The van der Waals surface area contributed by atoms with Crippen LogP contribution in [0, 0.1) is 6.92 Å². The van der Waals surface area contributed by atoms with Gasteiger partial charge in [-0.15, -0.1) is 5.10 Å². The maximum Gasteiger partial charge on any atom is 0.293 e. The lowest BCUT2D eigenvalue weighted by molar-refractivity contribution is -0.119. The summed E-state index contributed by atoms with van der Waals surface area (Å²) < 4.78 is 1.81. The number of hydrogen-bond acceptors (Lipinski definition) is 6. The lowest BCUT2D eigenvalue weighted by atomic mass is 10.0. The van der Waals surface area contributed by atoms with Gasteiger partial charge in [0.25, 0.3) is 5.91 Å². The molecule has 0 radical (unpaired) electrons. The largest absolute Gasteiger partial charge is 0.355 e. The molecule has 3 aromatic rings. The predicted octanol–water partition coefficient (Wildman–Crippen LogP) is 4.28. The first kappa shape index (κ1) is 26.2. The monoisotopic (exact) mass is 553 g/mol. The Morgan fingerprint density at radius 3 is 2.44 bits per heavy atom. The van der Waals surface area contributed by atoms with Gasteiger partial charge in [-0.3, -0.25) is 14.5 Å². The van der Waals surface area contributed by atoms with Crippen molar-refractivity contribution in [3.63, 3.8) is 0 Å². The van der Waals surface area contributed by atoms with Gasteiger partial charge in [-0.1, -0.05) is 30.5 Å². The molecule has 1 unspecified atom stereocenters. The average molecular weight is 554 g/mol. The Morgan fingerprint density at radius 2 is 1.66 bits per heavy atom. The van der Waals surface area contributed by atoms with Gasteiger partial charge in [-0.25, -0.2) is 9.67 Å². The zero-order valence-electron chi connectivity index (χ0n) is 24.3. The van der Waals surface area contributed by atoms with Crippen molar-refractivity contribution in [2.45, 2.75) is 70.5 Å². The molecule has 4 heterocycles. The zero-order valence-corrected chi connectivity index (χ0v) is 24.3. The molecule has 9 nitrogen and oxygen atoms in total. The number of likely N-dealkylation sites (N-methyl/N-ethyl adjacent to an activating group) is 1. The van der Waals surface area contributed by atoms with Crippen molar-refractivity contribution in [3.05, 3.63) is 53.9 Å². The summed E-state index contributed by atoms with van der Waals surface area (Å²) in [6.45, 7) is 7.56. The fourth-order valence-electron chi connectivity index (χ4n) is 7.35. The first-order chi connectivity index (χ1) is 19.9. The van der Waals surface area contributed by atoms with E-state index in [1.807, 2.05) is 43.1 Å². The molecule has 214 valence electrons. The highest BCUT2D eigenvalue weighted by atomic mass is 16.2. The summed E-state index contributed by atoms with van der Waals surface area (Å²) in [5.74, 6) is 0.888. The van der Waals surface area contributed by atoms with Crippen LogP contribution in [0.25, 0.3) is 17.1 Å². The Bertz CT molecular complexity index is 1480. The van der Waals surface area contributed by atoms with E-state index in [2.05, 4.69) is 34.9 Å². The minimum Gasteiger partial charge on any atom is -0.355 e. The number of piperazine rings is 1. The van der Waals surface area contributed by atoms with E-state index in [0.717, 1.165) is 67.1 Å². The van der Waals surface area contributed by atoms with Gasteiger partial charge in [-0.05, 0) is 76.4 Å². The summed E-state index contributed by atoms with van der Waals surface area (Å²) >= 11 is 0. The normalized spacial score (nSPS) is 23.3. The standard InChI is InChI=1S/C32H39N7O2/c1-21-10-13-25(14-11-21)39-30(33-29(34-39)32(41)37-18-17-36-16-6-9-26(36)20-37)23-12-15-27-28(19-23)38(24-7-4-5-8-24)22(2)31(40)35(27)3/h10-15,19,22,24,26H,4-9,16-18,20H2,1-3H3/t22-,26?/m1/s1. The van der Waals surface area contributed by atoms with Crippen molar-refractivity contribution in [2.24, 2.45) is 0 Å². The van der Waals surface area contributed by atoms with Crippen LogP contribution in [-0.2, 0) is 4.79 Å². The Hall–Kier alpha value is -3.72. The third-order valence-electron chi connectivity index (χ3n) is 9.65. The minimum atomic E-state index is -0.229. The van der Waals surface area contributed by atoms with Crippen LogP contribution in [-0.4, -0.2) is 87.7 Å². The molecule has 9 heteroatoms. The number of benzene rings is 2. The summed E-state index contributed by atoms with van der Waals surface area (Å²) in [5, 5.41) is 4.82. The predicted molar refractivity (Wildman–Crippen MR) is 160 cm³/mol. The number of fused-ring (bicyclic) bond motifs is 2. The molecule has 2 aromatic carbocycles. The Balaban J connectivity index is 1.30. The molecule has 1 aromatic heterocycles. The lowest BCUT2D eigenvalue weighted by Gasteiger charge is -2.43. The Morgan fingerprint density at radius 1 is 0.902 bits per heavy atom.